The van der Waals surface area contributed by atoms with Crippen molar-refractivity contribution in [2.75, 3.05) is 0 Å². The van der Waals surface area contributed by atoms with Gasteiger partial charge in [0.25, 0.3) is 0 Å². The van der Waals surface area contributed by atoms with Crippen LogP contribution < -0.4 is 0 Å². The number of pyridine rings is 1. The first-order valence-corrected chi connectivity index (χ1v) is 5.20. The summed E-state index contributed by atoms with van der Waals surface area (Å²) in [7, 11) is 0. The Bertz CT molecular complexity index is 531. The Kier molecular flexibility index (Phi) is 3.36. The van der Waals surface area contributed by atoms with E-state index >= 15 is 0 Å². The van der Waals surface area contributed by atoms with Crippen LogP contribution in [0.3, 0.4) is 0 Å². The second kappa shape index (κ2) is 4.77. The molecule has 0 amide bonds. The maximum Gasteiger partial charge on any atom is 0.159 e. The van der Waals surface area contributed by atoms with Gasteiger partial charge in [-0.15, -0.1) is 0 Å². The van der Waals surface area contributed by atoms with Crippen molar-refractivity contribution in [3.63, 3.8) is 0 Å². The number of benzene rings is 1. The summed E-state index contributed by atoms with van der Waals surface area (Å²) >= 11 is 5.65. The number of hydrogen-bond donors (Lipinski definition) is 1. The molecular formula is C12H8ClF2NO. The van der Waals surface area contributed by atoms with Gasteiger partial charge in [0.05, 0.1) is 10.7 Å². The molecule has 88 valence electrons. The Morgan fingerprint density at radius 2 is 1.88 bits per heavy atom. The van der Waals surface area contributed by atoms with Crippen LogP contribution in [-0.2, 0) is 0 Å². The largest absolute Gasteiger partial charge is 0.382 e. The molecule has 0 saturated carbocycles. The van der Waals surface area contributed by atoms with Crippen molar-refractivity contribution in [3.05, 3.63) is 64.4 Å². The molecule has 1 unspecified atom stereocenters. The zero-order valence-electron chi connectivity index (χ0n) is 8.57. The highest BCUT2D eigenvalue weighted by Crippen LogP contribution is 2.22. The van der Waals surface area contributed by atoms with Gasteiger partial charge >= 0.3 is 0 Å². The standard InChI is InChI=1S/C12H8ClF2NO/c13-8-2-4-11(16-6-8)12(17)7-1-3-9(14)10(15)5-7/h1-6,12,17H. The number of nitrogens with zero attached hydrogens (tertiary/aromatic N) is 1. The molecule has 1 N–H and O–H groups in total. The van der Waals surface area contributed by atoms with Gasteiger partial charge in [-0.2, -0.15) is 0 Å². The van der Waals surface area contributed by atoms with Crippen LogP contribution in [0.25, 0.3) is 0 Å². The summed E-state index contributed by atoms with van der Waals surface area (Å²) in [6, 6.07) is 6.29. The number of aromatic nitrogens is 1. The predicted molar refractivity (Wildman–Crippen MR) is 59.7 cm³/mol. The molecule has 0 aliphatic carbocycles. The van der Waals surface area contributed by atoms with Crippen LogP contribution >= 0.6 is 11.6 Å². The Balaban J connectivity index is 2.33. The van der Waals surface area contributed by atoms with Gasteiger partial charge in [0, 0.05) is 6.20 Å². The van der Waals surface area contributed by atoms with E-state index < -0.39 is 17.7 Å². The summed E-state index contributed by atoms with van der Waals surface area (Å²) in [5.74, 6) is -1.96. The van der Waals surface area contributed by atoms with E-state index in [1.165, 1.54) is 18.3 Å². The summed E-state index contributed by atoms with van der Waals surface area (Å²) in [6.07, 6.45) is 0.266. The fourth-order valence-electron chi connectivity index (χ4n) is 1.40. The fraction of sp³-hybridized carbons (Fsp3) is 0.0833. The number of hydrogen-bond acceptors (Lipinski definition) is 2. The molecular weight excluding hydrogens is 248 g/mol. The van der Waals surface area contributed by atoms with Crippen molar-refractivity contribution < 1.29 is 13.9 Å². The molecule has 2 rings (SSSR count). The lowest BCUT2D eigenvalue weighted by Crippen LogP contribution is -2.03. The van der Waals surface area contributed by atoms with E-state index in [4.69, 9.17) is 11.6 Å². The number of rotatable bonds is 2. The van der Waals surface area contributed by atoms with Crippen LogP contribution in [-0.4, -0.2) is 10.1 Å². The van der Waals surface area contributed by atoms with Crippen molar-refractivity contribution in [2.45, 2.75) is 6.10 Å². The van der Waals surface area contributed by atoms with E-state index in [1.54, 1.807) is 6.07 Å². The molecule has 0 saturated heterocycles. The number of aliphatic hydroxyl groups excluding tert-OH is 1. The average molecular weight is 256 g/mol. The number of aliphatic hydroxyl groups is 1. The monoisotopic (exact) mass is 255 g/mol. The van der Waals surface area contributed by atoms with Gasteiger partial charge in [-0.3, -0.25) is 4.98 Å². The smallest absolute Gasteiger partial charge is 0.159 e. The van der Waals surface area contributed by atoms with Crippen LogP contribution in [0, 0.1) is 11.6 Å². The number of halogens is 3. The van der Waals surface area contributed by atoms with Gasteiger partial charge in [-0.1, -0.05) is 17.7 Å². The van der Waals surface area contributed by atoms with E-state index in [2.05, 4.69) is 4.98 Å². The molecule has 0 fully saturated rings. The lowest BCUT2D eigenvalue weighted by atomic mass is 10.1. The van der Waals surface area contributed by atoms with Gasteiger partial charge in [0.15, 0.2) is 11.6 Å². The van der Waals surface area contributed by atoms with E-state index in [0.29, 0.717) is 10.7 Å². The minimum atomic E-state index is -1.11. The predicted octanol–water partition coefficient (Wildman–Crippen LogP) is 3.09. The third kappa shape index (κ3) is 2.60. The van der Waals surface area contributed by atoms with Crippen LogP contribution in [0.4, 0.5) is 8.78 Å². The summed E-state index contributed by atoms with van der Waals surface area (Å²) in [5.41, 5.74) is 0.555. The van der Waals surface area contributed by atoms with Gasteiger partial charge < -0.3 is 5.11 Å². The summed E-state index contributed by atoms with van der Waals surface area (Å²) in [5, 5.41) is 10.3. The summed E-state index contributed by atoms with van der Waals surface area (Å²) in [6.45, 7) is 0. The molecule has 1 heterocycles. The van der Waals surface area contributed by atoms with Crippen LogP contribution in [0.2, 0.25) is 5.02 Å². The van der Waals surface area contributed by atoms with E-state index in [0.717, 1.165) is 12.1 Å². The molecule has 0 aliphatic rings. The molecule has 0 aliphatic heterocycles. The second-order valence-electron chi connectivity index (χ2n) is 3.48. The Morgan fingerprint density at radius 1 is 1.12 bits per heavy atom. The highest BCUT2D eigenvalue weighted by atomic mass is 35.5. The lowest BCUT2D eigenvalue weighted by molar-refractivity contribution is 0.214. The zero-order chi connectivity index (χ0) is 12.4. The van der Waals surface area contributed by atoms with Crippen molar-refractivity contribution in [1.82, 2.24) is 4.98 Å². The first-order chi connectivity index (χ1) is 8.08. The topological polar surface area (TPSA) is 33.1 Å². The highest BCUT2D eigenvalue weighted by molar-refractivity contribution is 6.30. The first-order valence-electron chi connectivity index (χ1n) is 4.82. The van der Waals surface area contributed by atoms with Gasteiger partial charge in [0.2, 0.25) is 0 Å². The molecule has 0 bridgehead atoms. The van der Waals surface area contributed by atoms with E-state index in [1.807, 2.05) is 0 Å². The first kappa shape index (κ1) is 12.0. The third-order valence-electron chi connectivity index (χ3n) is 2.29. The summed E-state index contributed by atoms with van der Waals surface area (Å²) in [4.78, 5) is 3.91. The molecule has 0 radical (unpaired) electrons. The second-order valence-corrected chi connectivity index (χ2v) is 3.91. The van der Waals surface area contributed by atoms with Crippen LogP contribution in [0.1, 0.15) is 17.4 Å². The molecule has 2 nitrogen and oxygen atoms in total. The molecule has 2 aromatic rings. The van der Waals surface area contributed by atoms with Crippen molar-refractivity contribution in [2.24, 2.45) is 0 Å². The van der Waals surface area contributed by atoms with Gasteiger partial charge in [0.1, 0.15) is 6.10 Å². The maximum atomic E-state index is 13.0. The Hall–Kier alpha value is -1.52. The van der Waals surface area contributed by atoms with Crippen molar-refractivity contribution in [1.29, 1.82) is 0 Å². The molecule has 17 heavy (non-hydrogen) atoms. The third-order valence-corrected chi connectivity index (χ3v) is 2.51. The van der Waals surface area contributed by atoms with E-state index in [9.17, 15) is 13.9 Å². The lowest BCUT2D eigenvalue weighted by Gasteiger charge is -2.10. The molecule has 5 heteroatoms. The highest BCUT2D eigenvalue weighted by Gasteiger charge is 2.14. The molecule has 1 aromatic carbocycles. The minimum absolute atomic E-state index is 0.235. The quantitative estimate of drug-likeness (QED) is 0.895. The van der Waals surface area contributed by atoms with Crippen LogP contribution in [0.15, 0.2) is 36.5 Å². The van der Waals surface area contributed by atoms with Gasteiger partial charge in [-0.25, -0.2) is 8.78 Å². The summed E-state index contributed by atoms with van der Waals surface area (Å²) < 4.78 is 25.7. The maximum absolute atomic E-state index is 13.0. The van der Waals surface area contributed by atoms with E-state index in [-0.39, 0.29) is 5.56 Å². The Labute approximate surface area is 102 Å². The molecule has 1 atom stereocenters. The molecule has 1 aromatic heterocycles. The SMILES string of the molecule is OC(c1ccc(F)c(F)c1)c1ccc(Cl)cn1. The molecule has 0 spiro atoms. The van der Waals surface area contributed by atoms with Gasteiger partial charge in [-0.05, 0) is 29.8 Å². The fourth-order valence-corrected chi connectivity index (χ4v) is 1.51. The zero-order valence-corrected chi connectivity index (χ0v) is 9.33. The Morgan fingerprint density at radius 3 is 2.47 bits per heavy atom. The van der Waals surface area contributed by atoms with Crippen molar-refractivity contribution >= 4 is 11.6 Å². The normalized spacial score (nSPS) is 12.5. The average Bonchev–Trinajstić information content (AvgIpc) is 2.33. The van der Waals surface area contributed by atoms with Crippen molar-refractivity contribution in [3.8, 4) is 0 Å². The minimum Gasteiger partial charge on any atom is -0.382 e. The van der Waals surface area contributed by atoms with Crippen LogP contribution in [0.5, 0.6) is 0 Å².